The number of rotatable bonds is 5. The average molecular weight is 458 g/mol. The van der Waals surface area contributed by atoms with Crippen molar-refractivity contribution < 1.29 is 54.6 Å². The van der Waals surface area contributed by atoms with Crippen LogP contribution in [0.3, 0.4) is 0 Å². The van der Waals surface area contributed by atoms with Gasteiger partial charge in [0.1, 0.15) is 0 Å². The van der Waals surface area contributed by atoms with Gasteiger partial charge in [-0.1, -0.05) is 0 Å². The Kier molecular flexibility index (Phi) is 8.43. The molecule has 1 aromatic carbocycles. The van der Waals surface area contributed by atoms with E-state index < -0.39 is 8.07 Å². The molecule has 0 amide bonds. The van der Waals surface area contributed by atoms with Crippen LogP contribution in [-0.2, 0) is 24.7 Å². The SMILES string of the molecule is C[Si](C)(CCCO)C1=C(C2=Cc3ccccc3[CH]2[Zr+2])CC=C1.[Cl-].[Cl-]. The van der Waals surface area contributed by atoms with Crippen molar-refractivity contribution in [2.24, 2.45) is 0 Å². The first kappa shape index (κ1) is 22.1. The van der Waals surface area contributed by atoms with Gasteiger partial charge < -0.3 is 24.8 Å². The van der Waals surface area contributed by atoms with Crippen molar-refractivity contribution in [1.29, 1.82) is 0 Å². The van der Waals surface area contributed by atoms with Gasteiger partial charge in [-0.25, -0.2) is 0 Å². The minimum atomic E-state index is -1.45. The van der Waals surface area contributed by atoms with E-state index in [1.54, 1.807) is 41.1 Å². The smallest absolute Gasteiger partial charge is 1.00 e. The van der Waals surface area contributed by atoms with Gasteiger partial charge in [-0.3, -0.25) is 0 Å². The Labute approximate surface area is 174 Å². The number of aliphatic hydroxyl groups excluding tert-OH is 1. The molecular weight excluding hydrogens is 434 g/mol. The summed E-state index contributed by atoms with van der Waals surface area (Å²) in [5.74, 6) is 0. The number of hydrogen-bond donors (Lipinski definition) is 1. The normalized spacial score (nSPS) is 18.9. The molecule has 0 heterocycles. The zero-order valence-electron chi connectivity index (χ0n) is 14.2. The maximum Gasteiger partial charge on any atom is -1.00 e. The van der Waals surface area contributed by atoms with Crippen LogP contribution in [0.15, 0.2) is 52.8 Å². The Balaban J connectivity index is 0.00000144. The van der Waals surface area contributed by atoms with Crippen molar-refractivity contribution in [3.8, 4) is 0 Å². The van der Waals surface area contributed by atoms with Crippen molar-refractivity contribution in [3.63, 3.8) is 0 Å². The van der Waals surface area contributed by atoms with E-state index in [0.29, 0.717) is 10.2 Å². The van der Waals surface area contributed by atoms with Gasteiger partial charge in [0.25, 0.3) is 0 Å². The molecule has 0 spiro atoms. The predicted octanol–water partition coefficient (Wildman–Crippen LogP) is -1.43. The van der Waals surface area contributed by atoms with Gasteiger partial charge in [0.05, 0.1) is 0 Å². The third kappa shape index (κ3) is 4.24. The molecule has 5 heteroatoms. The van der Waals surface area contributed by atoms with E-state index in [0.717, 1.165) is 12.8 Å². The molecule has 24 heavy (non-hydrogen) atoms. The van der Waals surface area contributed by atoms with Crippen LogP contribution >= 0.6 is 0 Å². The third-order valence-electron chi connectivity index (χ3n) is 4.90. The molecule has 127 valence electrons. The molecule has 0 saturated carbocycles. The topological polar surface area (TPSA) is 20.2 Å². The maximum absolute atomic E-state index is 9.19. The maximum atomic E-state index is 9.19. The first-order valence-corrected chi connectivity index (χ1v) is 12.7. The van der Waals surface area contributed by atoms with Crippen molar-refractivity contribution in [2.75, 3.05) is 6.61 Å². The van der Waals surface area contributed by atoms with Gasteiger partial charge in [-0.2, -0.15) is 0 Å². The number of benzene rings is 1. The predicted molar refractivity (Wildman–Crippen MR) is 91.9 cm³/mol. The van der Waals surface area contributed by atoms with E-state index in [1.165, 1.54) is 17.2 Å². The Hall–Kier alpha value is 0.0800. The molecule has 2 aliphatic carbocycles. The Morgan fingerprint density at radius 1 is 1.21 bits per heavy atom. The van der Waals surface area contributed by atoms with Gasteiger partial charge in [0.2, 0.25) is 0 Å². The Morgan fingerprint density at radius 3 is 2.58 bits per heavy atom. The van der Waals surface area contributed by atoms with Gasteiger partial charge >= 0.3 is 150 Å². The van der Waals surface area contributed by atoms with Crippen LogP contribution < -0.4 is 24.8 Å². The molecule has 0 saturated heterocycles. The molecule has 3 rings (SSSR count). The van der Waals surface area contributed by atoms with Gasteiger partial charge in [-0.15, -0.1) is 0 Å². The summed E-state index contributed by atoms with van der Waals surface area (Å²) in [6.07, 6.45) is 9.17. The molecule has 0 bridgehead atoms. The summed E-state index contributed by atoms with van der Waals surface area (Å²) in [5, 5.41) is 10.8. The summed E-state index contributed by atoms with van der Waals surface area (Å²) >= 11 is 1.58. The van der Waals surface area contributed by atoms with Crippen LogP contribution in [0.1, 0.15) is 27.6 Å². The Bertz CT molecular complexity index is 680. The summed E-state index contributed by atoms with van der Waals surface area (Å²) in [7, 11) is -1.45. The number of hydrogen-bond acceptors (Lipinski definition) is 1. The number of aliphatic hydroxyl groups is 1. The zero-order valence-corrected chi connectivity index (χ0v) is 19.1. The average Bonchev–Trinajstić information content (AvgIpc) is 3.11. The second-order valence-corrected chi connectivity index (χ2v) is 13.1. The van der Waals surface area contributed by atoms with Crippen LogP contribution in [-0.4, -0.2) is 19.8 Å². The first-order valence-electron chi connectivity index (χ1n) is 8.07. The van der Waals surface area contributed by atoms with Crippen molar-refractivity contribution in [1.82, 2.24) is 0 Å². The summed E-state index contributed by atoms with van der Waals surface area (Å²) in [6, 6.07) is 10.0. The summed E-state index contributed by atoms with van der Waals surface area (Å²) in [6.45, 7) is 5.22. The van der Waals surface area contributed by atoms with E-state index in [-0.39, 0.29) is 24.8 Å². The molecule has 1 N–H and O–H groups in total. The third-order valence-corrected chi connectivity index (χ3v) is 9.96. The molecule has 1 unspecified atom stereocenters. The second-order valence-electron chi connectivity index (χ2n) is 6.87. The molecule has 0 aromatic heterocycles. The quantitative estimate of drug-likeness (QED) is 0.538. The van der Waals surface area contributed by atoms with Crippen molar-refractivity contribution in [2.45, 2.75) is 35.6 Å². The number of halogens is 2. The van der Waals surface area contributed by atoms with E-state index >= 15 is 0 Å². The molecule has 1 atom stereocenters. The molecular formula is C19H23Cl2OSiZr. The molecule has 0 radical (unpaired) electrons. The van der Waals surface area contributed by atoms with Gasteiger partial charge in [0.15, 0.2) is 0 Å². The minimum absolute atomic E-state index is 0. The van der Waals surface area contributed by atoms with Crippen LogP contribution in [0.25, 0.3) is 6.08 Å². The summed E-state index contributed by atoms with van der Waals surface area (Å²) < 4.78 is 0.593. The monoisotopic (exact) mass is 455 g/mol. The molecule has 0 fully saturated rings. The molecule has 1 nitrogen and oxygen atoms in total. The van der Waals surface area contributed by atoms with Gasteiger partial charge in [0, 0.05) is 0 Å². The Morgan fingerprint density at radius 2 is 1.92 bits per heavy atom. The van der Waals surface area contributed by atoms with Crippen molar-refractivity contribution in [3.05, 3.63) is 63.9 Å². The second kappa shape index (κ2) is 9.14. The summed E-state index contributed by atoms with van der Waals surface area (Å²) in [5.41, 5.74) is 6.06. The van der Waals surface area contributed by atoms with Crippen molar-refractivity contribution >= 4 is 14.1 Å². The zero-order chi connectivity index (χ0) is 15.7. The standard InChI is InChI=1S/C19H23OSi.2ClH.Zr/c1-21(2,12-6-11-20)19-10-5-9-18(19)17-13-15-7-3-4-8-16(15)14-17;;;/h3-5,7-8,10,13-14,20H,6,9,11-12H2,1-2H3;2*1H;/q;;;+2/p-2. The van der Waals surface area contributed by atoms with Crippen LogP contribution in [0.5, 0.6) is 0 Å². The minimum Gasteiger partial charge on any atom is -1.00 e. The number of allylic oxidation sites excluding steroid dienone is 5. The largest absolute Gasteiger partial charge is 1.00 e. The van der Waals surface area contributed by atoms with Gasteiger partial charge in [-0.05, 0) is 0 Å². The van der Waals surface area contributed by atoms with Crippen LogP contribution in [0.2, 0.25) is 19.1 Å². The van der Waals surface area contributed by atoms with Crippen LogP contribution in [0.4, 0.5) is 0 Å². The van der Waals surface area contributed by atoms with Crippen LogP contribution in [0, 0.1) is 0 Å². The van der Waals surface area contributed by atoms with E-state index in [4.69, 9.17) is 0 Å². The summed E-state index contributed by atoms with van der Waals surface area (Å²) in [4.78, 5) is 0. The molecule has 2 aliphatic rings. The molecule has 0 aliphatic heterocycles. The molecule has 1 aromatic rings. The first-order chi connectivity index (χ1) is 10.5. The fourth-order valence-electron chi connectivity index (χ4n) is 3.65. The van der Waals surface area contributed by atoms with E-state index in [9.17, 15) is 5.11 Å². The fourth-order valence-corrected chi connectivity index (χ4v) is 7.88. The fraction of sp³-hybridized carbons (Fsp3) is 0.368. The van der Waals surface area contributed by atoms with E-state index in [2.05, 4.69) is 55.6 Å². The number of fused-ring (bicyclic) bond motifs is 1. The van der Waals surface area contributed by atoms with E-state index in [1.807, 2.05) is 0 Å².